The number of aryl methyl sites for hydroxylation is 1. The van der Waals surface area contributed by atoms with Crippen molar-refractivity contribution < 1.29 is 0 Å². The summed E-state index contributed by atoms with van der Waals surface area (Å²) in [7, 11) is 0. The molecule has 8 heteroatoms. The fraction of sp³-hybridized carbons (Fsp3) is 0.174. The Morgan fingerprint density at radius 3 is 2.68 bits per heavy atom. The first-order valence-corrected chi connectivity index (χ1v) is 10.5. The maximum Gasteiger partial charge on any atom is 0.160 e. The van der Waals surface area contributed by atoms with Gasteiger partial charge in [-0.1, -0.05) is 31.5 Å². The Hall–Kier alpha value is -3.58. The zero-order valence-corrected chi connectivity index (χ0v) is 18.3. The van der Waals surface area contributed by atoms with Gasteiger partial charge in [0.25, 0.3) is 0 Å². The molecule has 0 saturated carbocycles. The lowest BCUT2D eigenvalue weighted by molar-refractivity contribution is 0.953. The minimum atomic E-state index is 0.409. The van der Waals surface area contributed by atoms with Crippen LogP contribution >= 0.6 is 11.6 Å². The number of benzene rings is 1. The summed E-state index contributed by atoms with van der Waals surface area (Å²) in [5.41, 5.74) is 6.78. The standard InChI is InChI=1S/C21H16ClN7.C2H6/c1-13-8-16(27-21-20-17(23-11-25-21)4-5-18(22)28-20)3-2-15(13)9-14-6-7-29-19(10-14)24-12-26-29;1-2/h2-8,10-12H,9H2,1H3,(H,23,25,27);1-2H3. The van der Waals surface area contributed by atoms with E-state index in [1.54, 1.807) is 16.9 Å². The molecule has 31 heavy (non-hydrogen) atoms. The van der Waals surface area contributed by atoms with Gasteiger partial charge in [0.1, 0.15) is 23.3 Å². The summed E-state index contributed by atoms with van der Waals surface area (Å²) in [5, 5.41) is 7.88. The van der Waals surface area contributed by atoms with Gasteiger partial charge in [0.2, 0.25) is 0 Å². The van der Waals surface area contributed by atoms with Crippen molar-refractivity contribution in [3.05, 3.63) is 83.2 Å². The molecule has 0 atom stereocenters. The quantitative estimate of drug-likeness (QED) is 0.384. The normalized spacial score (nSPS) is 10.7. The summed E-state index contributed by atoms with van der Waals surface area (Å²) in [6.07, 6.45) is 5.83. The van der Waals surface area contributed by atoms with Crippen LogP contribution < -0.4 is 5.32 Å². The van der Waals surface area contributed by atoms with Gasteiger partial charge in [-0.25, -0.2) is 24.5 Å². The molecule has 0 radical (unpaired) electrons. The Kier molecular flexibility index (Phi) is 6.04. The van der Waals surface area contributed by atoms with Crippen molar-refractivity contribution in [2.24, 2.45) is 0 Å². The molecular weight excluding hydrogens is 410 g/mol. The van der Waals surface area contributed by atoms with Crippen LogP contribution in [0, 0.1) is 6.92 Å². The Morgan fingerprint density at radius 1 is 0.968 bits per heavy atom. The molecule has 4 heterocycles. The van der Waals surface area contributed by atoms with E-state index in [4.69, 9.17) is 11.6 Å². The Balaban J connectivity index is 0.00000112. The number of anilines is 2. The molecule has 4 aromatic heterocycles. The van der Waals surface area contributed by atoms with Crippen molar-refractivity contribution in [3.8, 4) is 0 Å². The molecular formula is C23H22ClN7. The molecule has 156 valence electrons. The van der Waals surface area contributed by atoms with Crippen LogP contribution in [-0.2, 0) is 6.42 Å². The number of halogens is 1. The molecule has 0 unspecified atom stereocenters. The van der Waals surface area contributed by atoms with E-state index >= 15 is 0 Å². The molecule has 0 aliphatic heterocycles. The molecule has 0 saturated heterocycles. The molecule has 1 aromatic carbocycles. The van der Waals surface area contributed by atoms with Crippen LogP contribution in [0.25, 0.3) is 16.7 Å². The van der Waals surface area contributed by atoms with E-state index in [2.05, 4.69) is 61.5 Å². The lowest BCUT2D eigenvalue weighted by Crippen LogP contribution is -1.99. The molecule has 7 nitrogen and oxygen atoms in total. The summed E-state index contributed by atoms with van der Waals surface area (Å²) in [5.74, 6) is 0.627. The van der Waals surface area contributed by atoms with Gasteiger partial charge in [0.05, 0.1) is 5.52 Å². The zero-order valence-electron chi connectivity index (χ0n) is 17.5. The van der Waals surface area contributed by atoms with E-state index in [9.17, 15) is 0 Å². The minimum Gasteiger partial charge on any atom is -0.338 e. The van der Waals surface area contributed by atoms with Gasteiger partial charge in [0, 0.05) is 11.9 Å². The average molecular weight is 432 g/mol. The average Bonchev–Trinajstić information content (AvgIpc) is 3.25. The Labute approximate surface area is 185 Å². The van der Waals surface area contributed by atoms with Crippen molar-refractivity contribution in [1.82, 2.24) is 29.5 Å². The van der Waals surface area contributed by atoms with Gasteiger partial charge in [-0.15, -0.1) is 0 Å². The molecule has 5 rings (SSSR count). The van der Waals surface area contributed by atoms with Crippen LogP contribution in [0.4, 0.5) is 11.5 Å². The second kappa shape index (κ2) is 9.06. The highest BCUT2D eigenvalue weighted by Gasteiger charge is 2.08. The molecule has 5 aromatic rings. The number of nitrogens with zero attached hydrogens (tertiary/aromatic N) is 6. The number of fused-ring (bicyclic) bond motifs is 2. The van der Waals surface area contributed by atoms with Crippen molar-refractivity contribution in [2.75, 3.05) is 5.32 Å². The third-order valence-corrected chi connectivity index (χ3v) is 5.00. The maximum atomic E-state index is 6.04. The number of rotatable bonds is 4. The zero-order chi connectivity index (χ0) is 21.8. The summed E-state index contributed by atoms with van der Waals surface area (Å²) >= 11 is 6.04. The molecule has 0 aliphatic rings. The first-order valence-electron chi connectivity index (χ1n) is 10.1. The first kappa shape index (κ1) is 20.7. The van der Waals surface area contributed by atoms with E-state index in [0.29, 0.717) is 16.5 Å². The van der Waals surface area contributed by atoms with Crippen LogP contribution in [-0.4, -0.2) is 29.5 Å². The van der Waals surface area contributed by atoms with Crippen molar-refractivity contribution in [2.45, 2.75) is 27.2 Å². The van der Waals surface area contributed by atoms with Crippen LogP contribution in [0.3, 0.4) is 0 Å². The number of nitrogens with one attached hydrogen (secondary N) is 1. The third kappa shape index (κ3) is 4.46. The van der Waals surface area contributed by atoms with E-state index < -0.39 is 0 Å². The van der Waals surface area contributed by atoms with E-state index in [-0.39, 0.29) is 0 Å². The smallest absolute Gasteiger partial charge is 0.160 e. The number of hydrogen-bond acceptors (Lipinski definition) is 6. The van der Waals surface area contributed by atoms with Crippen LogP contribution in [0.15, 0.2) is 61.3 Å². The largest absolute Gasteiger partial charge is 0.338 e. The predicted molar refractivity (Wildman–Crippen MR) is 124 cm³/mol. The Morgan fingerprint density at radius 2 is 1.84 bits per heavy atom. The first-order chi connectivity index (χ1) is 15.2. The van der Waals surface area contributed by atoms with Crippen molar-refractivity contribution in [3.63, 3.8) is 0 Å². The van der Waals surface area contributed by atoms with Gasteiger partial charge in [-0.2, -0.15) is 5.10 Å². The molecule has 0 amide bonds. The molecule has 0 bridgehead atoms. The number of pyridine rings is 2. The van der Waals surface area contributed by atoms with E-state index in [1.807, 2.05) is 32.2 Å². The van der Waals surface area contributed by atoms with E-state index in [0.717, 1.165) is 23.3 Å². The number of aromatic nitrogens is 6. The molecule has 0 spiro atoms. The van der Waals surface area contributed by atoms with E-state index in [1.165, 1.54) is 23.0 Å². The molecule has 1 N–H and O–H groups in total. The SMILES string of the molecule is CC.Cc1cc(Nc2ncnc3ccc(Cl)nc23)ccc1Cc1ccn2ncnc2c1. The maximum absolute atomic E-state index is 6.04. The fourth-order valence-electron chi connectivity index (χ4n) is 3.30. The highest BCUT2D eigenvalue weighted by atomic mass is 35.5. The summed E-state index contributed by atoms with van der Waals surface area (Å²) in [6, 6.07) is 13.9. The van der Waals surface area contributed by atoms with Gasteiger partial charge >= 0.3 is 0 Å². The van der Waals surface area contributed by atoms with Gasteiger partial charge in [0.15, 0.2) is 11.5 Å². The summed E-state index contributed by atoms with van der Waals surface area (Å²) in [4.78, 5) is 17.2. The van der Waals surface area contributed by atoms with Crippen molar-refractivity contribution in [1.29, 1.82) is 0 Å². The second-order valence-electron chi connectivity index (χ2n) is 6.76. The minimum absolute atomic E-state index is 0.409. The van der Waals surface area contributed by atoms with Crippen LogP contribution in [0.5, 0.6) is 0 Å². The monoisotopic (exact) mass is 431 g/mol. The van der Waals surface area contributed by atoms with Gasteiger partial charge in [-0.3, -0.25) is 0 Å². The third-order valence-electron chi connectivity index (χ3n) is 4.79. The van der Waals surface area contributed by atoms with Gasteiger partial charge < -0.3 is 5.32 Å². The lowest BCUT2D eigenvalue weighted by Gasteiger charge is -2.11. The summed E-state index contributed by atoms with van der Waals surface area (Å²) in [6.45, 7) is 6.10. The topological polar surface area (TPSA) is 80.9 Å². The predicted octanol–water partition coefficient (Wildman–Crippen LogP) is 5.39. The highest BCUT2D eigenvalue weighted by molar-refractivity contribution is 6.29. The fourth-order valence-corrected chi connectivity index (χ4v) is 3.45. The Bertz CT molecular complexity index is 1350. The lowest BCUT2D eigenvalue weighted by atomic mass is 10.0. The molecule has 0 aliphatic carbocycles. The van der Waals surface area contributed by atoms with Gasteiger partial charge in [-0.05, 0) is 66.4 Å². The molecule has 0 fully saturated rings. The second-order valence-corrected chi connectivity index (χ2v) is 7.15. The van der Waals surface area contributed by atoms with Crippen molar-refractivity contribution >= 4 is 39.8 Å². The summed E-state index contributed by atoms with van der Waals surface area (Å²) < 4.78 is 1.76. The number of hydrogen-bond donors (Lipinski definition) is 1. The highest BCUT2D eigenvalue weighted by Crippen LogP contribution is 2.25. The van der Waals surface area contributed by atoms with Crippen LogP contribution in [0.1, 0.15) is 30.5 Å². The van der Waals surface area contributed by atoms with Crippen LogP contribution in [0.2, 0.25) is 5.15 Å².